The lowest BCUT2D eigenvalue weighted by Gasteiger charge is -2.33. The number of carbonyl (C=O) groups is 1. The Kier molecular flexibility index (Phi) is 5.38. The van der Waals surface area contributed by atoms with Crippen LogP contribution in [0.2, 0.25) is 0 Å². The fraction of sp³-hybridized carbons (Fsp3) is 0.562. The van der Waals surface area contributed by atoms with Crippen LogP contribution in [-0.2, 0) is 9.84 Å². The molecule has 3 rings (SSSR count). The van der Waals surface area contributed by atoms with E-state index in [1.54, 1.807) is 12.1 Å². The van der Waals surface area contributed by atoms with Crippen LogP contribution < -0.4 is 5.32 Å². The molecule has 0 aliphatic carbocycles. The summed E-state index contributed by atoms with van der Waals surface area (Å²) in [6.07, 6.45) is 4.50. The Morgan fingerprint density at radius 3 is 2.30 bits per heavy atom. The van der Waals surface area contributed by atoms with Gasteiger partial charge in [-0.1, -0.05) is 0 Å². The molecule has 1 N–H and O–H groups in total. The highest BCUT2D eigenvalue weighted by atomic mass is 35.5. The first-order valence-electron chi connectivity index (χ1n) is 7.70. The number of hydrogen-bond acceptors (Lipinski definition) is 4. The lowest BCUT2D eigenvalue weighted by atomic mass is 9.78. The van der Waals surface area contributed by atoms with E-state index < -0.39 is 9.84 Å². The predicted octanol–water partition coefficient (Wildman–Crippen LogP) is 1.73. The number of nitrogens with one attached hydrogen (secondary N) is 1. The molecule has 1 aromatic carbocycles. The Balaban J connectivity index is 0.00000192. The maximum atomic E-state index is 12.6. The quantitative estimate of drug-likeness (QED) is 0.874. The zero-order chi connectivity index (χ0) is 15.8. The lowest BCUT2D eigenvalue weighted by molar-refractivity contribution is 0.0761. The van der Waals surface area contributed by atoms with Gasteiger partial charge in [-0.15, -0.1) is 12.4 Å². The van der Waals surface area contributed by atoms with Crippen LogP contribution in [0.25, 0.3) is 0 Å². The number of benzene rings is 1. The normalized spacial score (nSPS) is 20.3. The van der Waals surface area contributed by atoms with Crippen LogP contribution in [0.3, 0.4) is 0 Å². The Hall–Kier alpha value is -1.11. The molecule has 2 fully saturated rings. The number of piperidine rings is 1. The average molecular weight is 359 g/mol. The fourth-order valence-electron chi connectivity index (χ4n) is 3.50. The summed E-state index contributed by atoms with van der Waals surface area (Å²) in [4.78, 5) is 14.8. The number of carbonyl (C=O) groups excluding carboxylic acids is 1. The second-order valence-electron chi connectivity index (χ2n) is 6.52. The van der Waals surface area contributed by atoms with Gasteiger partial charge in [0.15, 0.2) is 9.84 Å². The number of nitrogens with zero attached hydrogens (tertiary/aromatic N) is 1. The summed E-state index contributed by atoms with van der Waals surface area (Å²) in [6, 6.07) is 6.26. The summed E-state index contributed by atoms with van der Waals surface area (Å²) in [6.45, 7) is 3.68. The third kappa shape index (κ3) is 3.87. The Morgan fingerprint density at radius 1 is 1.13 bits per heavy atom. The molecule has 0 unspecified atom stereocenters. The second kappa shape index (κ2) is 6.79. The summed E-state index contributed by atoms with van der Waals surface area (Å²) in [5.74, 6) is 0.00968. The summed E-state index contributed by atoms with van der Waals surface area (Å²) in [7, 11) is -3.22. The highest BCUT2D eigenvalue weighted by Gasteiger charge is 2.40. The van der Waals surface area contributed by atoms with Crippen molar-refractivity contribution in [3.8, 4) is 0 Å². The van der Waals surface area contributed by atoms with Gasteiger partial charge < -0.3 is 10.2 Å². The molecule has 1 aromatic rings. The molecule has 0 radical (unpaired) electrons. The van der Waals surface area contributed by atoms with E-state index in [2.05, 4.69) is 5.32 Å². The Morgan fingerprint density at radius 2 is 1.74 bits per heavy atom. The minimum Gasteiger partial charge on any atom is -0.338 e. The van der Waals surface area contributed by atoms with Crippen molar-refractivity contribution >= 4 is 28.2 Å². The zero-order valence-electron chi connectivity index (χ0n) is 13.2. The van der Waals surface area contributed by atoms with Gasteiger partial charge in [-0.25, -0.2) is 8.42 Å². The van der Waals surface area contributed by atoms with Gasteiger partial charge in [0.05, 0.1) is 4.90 Å². The minimum atomic E-state index is -3.22. The summed E-state index contributed by atoms with van der Waals surface area (Å²) in [5.41, 5.74) is 0.853. The lowest BCUT2D eigenvalue weighted by Crippen LogP contribution is -2.39. The average Bonchev–Trinajstić information content (AvgIpc) is 2.90. The molecule has 0 bridgehead atoms. The van der Waals surface area contributed by atoms with E-state index in [4.69, 9.17) is 0 Å². The second-order valence-corrected chi connectivity index (χ2v) is 8.54. The molecule has 2 saturated heterocycles. The van der Waals surface area contributed by atoms with Gasteiger partial charge in [-0.3, -0.25) is 4.79 Å². The number of hydrogen-bond donors (Lipinski definition) is 1. The first-order chi connectivity index (χ1) is 10.4. The topological polar surface area (TPSA) is 66.5 Å². The van der Waals surface area contributed by atoms with Crippen molar-refractivity contribution in [2.75, 3.05) is 32.4 Å². The van der Waals surface area contributed by atoms with Crippen molar-refractivity contribution in [2.24, 2.45) is 5.41 Å². The van der Waals surface area contributed by atoms with Crippen LogP contribution in [0.1, 0.15) is 29.6 Å². The molecule has 2 heterocycles. The molecule has 1 spiro atoms. The molecule has 128 valence electrons. The third-order valence-corrected chi connectivity index (χ3v) is 6.05. The molecule has 0 saturated carbocycles. The Labute approximate surface area is 143 Å². The maximum Gasteiger partial charge on any atom is 0.253 e. The first-order valence-corrected chi connectivity index (χ1v) is 9.59. The van der Waals surface area contributed by atoms with Gasteiger partial charge in [0.25, 0.3) is 5.91 Å². The molecule has 23 heavy (non-hydrogen) atoms. The van der Waals surface area contributed by atoms with E-state index in [0.717, 1.165) is 45.4 Å². The van der Waals surface area contributed by atoms with E-state index >= 15 is 0 Å². The monoisotopic (exact) mass is 358 g/mol. The Bertz CT molecular complexity index is 667. The molecular formula is C16H23ClN2O3S. The molecule has 2 aliphatic heterocycles. The van der Waals surface area contributed by atoms with E-state index in [9.17, 15) is 13.2 Å². The standard InChI is InChI=1S/C16H22N2O3S.ClH/c1-22(20,21)14-4-2-13(3-5-14)15(19)18-11-8-16(12-18)6-9-17-10-7-16;/h2-5,17H,6-12H2,1H3;1H. The van der Waals surface area contributed by atoms with Crippen molar-refractivity contribution in [3.63, 3.8) is 0 Å². The first kappa shape index (κ1) is 18.2. The number of halogens is 1. The largest absolute Gasteiger partial charge is 0.338 e. The van der Waals surface area contributed by atoms with Crippen molar-refractivity contribution in [3.05, 3.63) is 29.8 Å². The molecular weight excluding hydrogens is 336 g/mol. The molecule has 7 heteroatoms. The number of amides is 1. The van der Waals surface area contributed by atoms with Gasteiger partial charge in [-0.05, 0) is 62.0 Å². The van der Waals surface area contributed by atoms with Crippen LogP contribution in [-0.4, -0.2) is 51.7 Å². The van der Waals surface area contributed by atoms with E-state index in [1.165, 1.54) is 18.4 Å². The smallest absolute Gasteiger partial charge is 0.253 e. The summed E-state index contributed by atoms with van der Waals surface area (Å²) >= 11 is 0. The van der Waals surface area contributed by atoms with E-state index in [-0.39, 0.29) is 28.6 Å². The highest BCUT2D eigenvalue weighted by molar-refractivity contribution is 7.90. The molecule has 0 atom stereocenters. The predicted molar refractivity (Wildman–Crippen MR) is 91.9 cm³/mol. The fourth-order valence-corrected chi connectivity index (χ4v) is 4.13. The van der Waals surface area contributed by atoms with Crippen molar-refractivity contribution < 1.29 is 13.2 Å². The van der Waals surface area contributed by atoms with Crippen LogP contribution >= 0.6 is 12.4 Å². The van der Waals surface area contributed by atoms with Gasteiger partial charge >= 0.3 is 0 Å². The van der Waals surface area contributed by atoms with Crippen LogP contribution in [0.5, 0.6) is 0 Å². The van der Waals surface area contributed by atoms with Crippen molar-refractivity contribution in [1.29, 1.82) is 0 Å². The number of sulfone groups is 1. The number of rotatable bonds is 2. The van der Waals surface area contributed by atoms with Crippen molar-refractivity contribution in [1.82, 2.24) is 10.2 Å². The van der Waals surface area contributed by atoms with Gasteiger partial charge in [0, 0.05) is 24.9 Å². The van der Waals surface area contributed by atoms with Gasteiger partial charge in [0.1, 0.15) is 0 Å². The zero-order valence-corrected chi connectivity index (χ0v) is 14.9. The van der Waals surface area contributed by atoms with E-state index in [0.29, 0.717) is 5.56 Å². The van der Waals surface area contributed by atoms with Crippen LogP contribution in [0, 0.1) is 5.41 Å². The van der Waals surface area contributed by atoms with Crippen LogP contribution in [0.4, 0.5) is 0 Å². The molecule has 1 amide bonds. The van der Waals surface area contributed by atoms with E-state index in [1.807, 2.05) is 4.90 Å². The summed E-state index contributed by atoms with van der Waals surface area (Å²) < 4.78 is 22.9. The minimum absolute atomic E-state index is 0. The van der Waals surface area contributed by atoms with Crippen LogP contribution in [0.15, 0.2) is 29.2 Å². The summed E-state index contributed by atoms with van der Waals surface area (Å²) in [5, 5.41) is 3.37. The van der Waals surface area contributed by atoms with Crippen molar-refractivity contribution in [2.45, 2.75) is 24.2 Å². The van der Waals surface area contributed by atoms with Gasteiger partial charge in [0.2, 0.25) is 0 Å². The molecule has 5 nitrogen and oxygen atoms in total. The SMILES string of the molecule is CS(=O)(=O)c1ccc(C(=O)N2CCC3(CCNCC3)C2)cc1.Cl. The molecule has 2 aliphatic rings. The highest BCUT2D eigenvalue weighted by Crippen LogP contribution is 2.39. The maximum absolute atomic E-state index is 12.6. The molecule has 0 aromatic heterocycles. The third-order valence-electron chi connectivity index (χ3n) is 4.92. The number of likely N-dealkylation sites (tertiary alicyclic amines) is 1. The van der Waals surface area contributed by atoms with Gasteiger partial charge in [-0.2, -0.15) is 0 Å².